The molecule has 3 aromatic rings. The Bertz CT molecular complexity index is 1010. The van der Waals surface area contributed by atoms with Crippen LogP contribution in [-0.4, -0.2) is 39.6 Å². The van der Waals surface area contributed by atoms with Crippen molar-refractivity contribution in [1.82, 2.24) is 19.9 Å². The second-order valence-corrected chi connectivity index (χ2v) is 7.63. The minimum atomic E-state index is -0.252. The third-order valence-corrected chi connectivity index (χ3v) is 5.66. The van der Waals surface area contributed by atoms with Gasteiger partial charge in [0.1, 0.15) is 6.04 Å². The summed E-state index contributed by atoms with van der Waals surface area (Å²) in [7, 11) is 0. The van der Waals surface area contributed by atoms with Gasteiger partial charge in [-0.05, 0) is 31.7 Å². The van der Waals surface area contributed by atoms with Crippen LogP contribution in [0.3, 0.4) is 0 Å². The number of carbonyl (C=O) groups excluding carboxylic acids is 1. The van der Waals surface area contributed by atoms with Crippen molar-refractivity contribution in [3.8, 4) is 0 Å². The summed E-state index contributed by atoms with van der Waals surface area (Å²) in [5, 5.41) is 8.11. The molecular weight excluding hydrogens is 362 g/mol. The first-order valence-corrected chi connectivity index (χ1v) is 9.89. The molecule has 1 unspecified atom stereocenters. The molecule has 1 amide bonds. The summed E-state index contributed by atoms with van der Waals surface area (Å²) in [6.07, 6.45) is 2.52. The van der Waals surface area contributed by atoms with Crippen molar-refractivity contribution in [2.24, 2.45) is 0 Å². The fourth-order valence-electron chi connectivity index (χ4n) is 3.39. The minimum Gasteiger partial charge on any atom is -0.354 e. The summed E-state index contributed by atoms with van der Waals surface area (Å²) in [6, 6.07) is 11.3. The van der Waals surface area contributed by atoms with Gasteiger partial charge in [-0.15, -0.1) is 5.10 Å². The third-order valence-electron chi connectivity index (χ3n) is 4.72. The molecule has 1 aliphatic rings. The van der Waals surface area contributed by atoms with Gasteiger partial charge in [0.15, 0.2) is 0 Å². The molecule has 1 N–H and O–H groups in total. The molecule has 1 aliphatic heterocycles. The number of anilines is 1. The van der Waals surface area contributed by atoms with Crippen molar-refractivity contribution in [1.29, 1.82) is 0 Å². The highest BCUT2D eigenvalue weighted by Crippen LogP contribution is 2.29. The van der Waals surface area contributed by atoms with Gasteiger partial charge >= 0.3 is 0 Å². The van der Waals surface area contributed by atoms with E-state index in [4.69, 9.17) is 0 Å². The molecule has 8 heteroatoms. The maximum Gasteiger partial charge on any atom is 0.275 e. The Hall–Kier alpha value is -2.74. The van der Waals surface area contributed by atoms with Crippen LogP contribution in [0.4, 0.5) is 5.13 Å². The average molecular weight is 383 g/mol. The summed E-state index contributed by atoms with van der Waals surface area (Å²) < 4.78 is 1.32. The standard InChI is InChI=1S/C19H21N5O2S/c1-13-12-16(25)24-18(21-13)27-19(22-24)23-11-5-8-15(23)17(26)20-10-9-14-6-3-2-4-7-14/h2-4,6-7,12,15H,5,8-11H2,1H3,(H,20,26). The van der Waals surface area contributed by atoms with Crippen molar-refractivity contribution >= 4 is 27.3 Å². The van der Waals surface area contributed by atoms with E-state index in [9.17, 15) is 9.59 Å². The van der Waals surface area contributed by atoms with E-state index in [-0.39, 0.29) is 17.5 Å². The van der Waals surface area contributed by atoms with Crippen LogP contribution in [0.1, 0.15) is 24.1 Å². The van der Waals surface area contributed by atoms with Crippen LogP contribution >= 0.6 is 11.3 Å². The molecule has 140 valence electrons. The fraction of sp³-hybridized carbons (Fsp3) is 0.368. The van der Waals surface area contributed by atoms with Crippen molar-refractivity contribution < 1.29 is 4.79 Å². The molecular formula is C19H21N5O2S. The summed E-state index contributed by atoms with van der Waals surface area (Å²) in [5.74, 6) is 0.0131. The van der Waals surface area contributed by atoms with E-state index >= 15 is 0 Å². The number of benzene rings is 1. The fourth-order valence-corrected chi connectivity index (χ4v) is 4.42. The highest BCUT2D eigenvalue weighted by molar-refractivity contribution is 7.20. The molecule has 0 bridgehead atoms. The second kappa shape index (κ2) is 7.48. The molecule has 1 saturated heterocycles. The summed E-state index contributed by atoms with van der Waals surface area (Å²) in [4.78, 5) is 31.7. The van der Waals surface area contributed by atoms with E-state index in [1.54, 1.807) is 6.92 Å². The van der Waals surface area contributed by atoms with Crippen molar-refractivity contribution in [2.45, 2.75) is 32.2 Å². The van der Waals surface area contributed by atoms with Gasteiger partial charge in [-0.3, -0.25) is 9.59 Å². The molecule has 3 heterocycles. The third kappa shape index (κ3) is 3.71. The van der Waals surface area contributed by atoms with Crippen LogP contribution in [0.5, 0.6) is 0 Å². The van der Waals surface area contributed by atoms with Gasteiger partial charge in [0.05, 0.1) is 0 Å². The van der Waals surface area contributed by atoms with Crippen LogP contribution in [-0.2, 0) is 11.2 Å². The van der Waals surface area contributed by atoms with Crippen molar-refractivity contribution in [3.63, 3.8) is 0 Å². The number of aromatic nitrogens is 3. The average Bonchev–Trinajstić information content (AvgIpc) is 3.29. The Balaban J connectivity index is 1.46. The van der Waals surface area contributed by atoms with Crippen LogP contribution in [0.25, 0.3) is 4.96 Å². The number of amides is 1. The van der Waals surface area contributed by atoms with Gasteiger partial charge in [-0.1, -0.05) is 41.7 Å². The molecule has 1 fully saturated rings. The van der Waals surface area contributed by atoms with Gasteiger partial charge in [-0.25, -0.2) is 4.98 Å². The van der Waals surface area contributed by atoms with E-state index in [0.717, 1.165) is 25.8 Å². The monoisotopic (exact) mass is 383 g/mol. The first kappa shape index (κ1) is 17.7. The zero-order valence-corrected chi connectivity index (χ0v) is 15.9. The van der Waals surface area contributed by atoms with Crippen LogP contribution < -0.4 is 15.8 Å². The van der Waals surface area contributed by atoms with Gasteiger partial charge in [-0.2, -0.15) is 4.52 Å². The number of carbonyl (C=O) groups is 1. The highest BCUT2D eigenvalue weighted by Gasteiger charge is 2.33. The predicted octanol–water partition coefficient (Wildman–Crippen LogP) is 1.79. The minimum absolute atomic E-state index is 0.0131. The quantitative estimate of drug-likeness (QED) is 0.727. The molecule has 1 atom stereocenters. The Morgan fingerprint density at radius 2 is 2.15 bits per heavy atom. The molecule has 27 heavy (non-hydrogen) atoms. The van der Waals surface area contributed by atoms with Gasteiger partial charge in [0.25, 0.3) is 5.56 Å². The largest absolute Gasteiger partial charge is 0.354 e. The number of nitrogens with one attached hydrogen (secondary N) is 1. The van der Waals surface area contributed by atoms with E-state index in [1.807, 2.05) is 23.1 Å². The zero-order valence-electron chi connectivity index (χ0n) is 15.1. The normalized spacial score (nSPS) is 16.8. The predicted molar refractivity (Wildman–Crippen MR) is 105 cm³/mol. The van der Waals surface area contributed by atoms with E-state index in [1.165, 1.54) is 27.5 Å². The van der Waals surface area contributed by atoms with E-state index in [0.29, 0.717) is 22.3 Å². The number of hydrogen-bond acceptors (Lipinski definition) is 6. The summed E-state index contributed by atoms with van der Waals surface area (Å²) >= 11 is 1.35. The second-order valence-electron chi connectivity index (χ2n) is 6.69. The maximum absolute atomic E-state index is 12.7. The number of hydrogen-bond donors (Lipinski definition) is 1. The smallest absolute Gasteiger partial charge is 0.275 e. The molecule has 4 rings (SSSR count). The Labute approximate surface area is 160 Å². The van der Waals surface area contributed by atoms with E-state index < -0.39 is 0 Å². The van der Waals surface area contributed by atoms with Crippen molar-refractivity contribution in [2.75, 3.05) is 18.0 Å². The van der Waals surface area contributed by atoms with Crippen LogP contribution in [0, 0.1) is 6.92 Å². The van der Waals surface area contributed by atoms with Crippen LogP contribution in [0.15, 0.2) is 41.2 Å². The Morgan fingerprint density at radius 1 is 1.33 bits per heavy atom. The highest BCUT2D eigenvalue weighted by atomic mass is 32.1. The maximum atomic E-state index is 12.7. The molecule has 7 nitrogen and oxygen atoms in total. The zero-order chi connectivity index (χ0) is 18.8. The molecule has 0 spiro atoms. The Kier molecular flexibility index (Phi) is 4.89. The lowest BCUT2D eigenvalue weighted by molar-refractivity contribution is -0.122. The first-order valence-electron chi connectivity index (χ1n) is 9.07. The molecule has 1 aromatic carbocycles. The van der Waals surface area contributed by atoms with E-state index in [2.05, 4.69) is 27.5 Å². The lowest BCUT2D eigenvalue weighted by atomic mass is 10.1. The number of aryl methyl sites for hydroxylation is 1. The molecule has 0 radical (unpaired) electrons. The number of fused-ring (bicyclic) bond motifs is 1. The Morgan fingerprint density at radius 3 is 2.96 bits per heavy atom. The molecule has 2 aromatic heterocycles. The van der Waals surface area contributed by atoms with Crippen LogP contribution in [0.2, 0.25) is 0 Å². The lowest BCUT2D eigenvalue weighted by Gasteiger charge is -2.22. The van der Waals surface area contributed by atoms with Gasteiger partial charge < -0.3 is 10.2 Å². The molecule has 0 aliphatic carbocycles. The first-order chi connectivity index (χ1) is 13.1. The summed E-state index contributed by atoms with van der Waals surface area (Å²) in [6.45, 7) is 3.15. The van der Waals surface area contributed by atoms with Gasteiger partial charge in [0.2, 0.25) is 16.0 Å². The SMILES string of the molecule is Cc1cc(=O)n2nc(N3CCCC3C(=O)NCCc3ccccc3)sc2n1. The summed E-state index contributed by atoms with van der Waals surface area (Å²) in [5.41, 5.74) is 1.68. The topological polar surface area (TPSA) is 79.6 Å². The molecule has 0 saturated carbocycles. The lowest BCUT2D eigenvalue weighted by Crippen LogP contribution is -2.44. The number of rotatable bonds is 5. The van der Waals surface area contributed by atoms with Crippen molar-refractivity contribution in [3.05, 3.63) is 58.0 Å². The van der Waals surface area contributed by atoms with Gasteiger partial charge in [0, 0.05) is 24.8 Å². The number of nitrogens with zero attached hydrogens (tertiary/aromatic N) is 4.